The Balaban J connectivity index is 1.35. The minimum absolute atomic E-state index is 0.00393. The molecule has 0 bridgehead atoms. The summed E-state index contributed by atoms with van der Waals surface area (Å²) in [5, 5.41) is 34.7. The van der Waals surface area contributed by atoms with E-state index >= 15 is 0 Å². The van der Waals surface area contributed by atoms with Gasteiger partial charge < -0.3 is 20.9 Å². The smallest absolute Gasteiger partial charge is 0.251 e. The van der Waals surface area contributed by atoms with Crippen molar-refractivity contribution in [2.24, 2.45) is 5.92 Å². The standard InChI is InChI=1S/C39H42FN9O3/c1-3-42-36(51)26-9-13-32-24(16-26)7-8-25-17-27(37(52)43-4-2)10-14-33(25)39(32,38-45-47-48-46-38)20-30(15-23-5-11-29(40)12-6-23)44-22-35(50)49-31(21-41)18-28-19-34(28)49/h5-6,9-14,16-17,28,30-31,34,44H,3-4,7-8,15,18-20,22H2,1-2H3,(H,42,51)(H,43,52)(H,45,46,47,48)/t28-,30+,31+,34+/m1/s1. The van der Waals surface area contributed by atoms with Crippen LogP contribution < -0.4 is 16.0 Å². The Kier molecular flexibility index (Phi) is 9.83. The third-order valence-electron chi connectivity index (χ3n) is 10.8. The number of rotatable bonds is 12. The summed E-state index contributed by atoms with van der Waals surface area (Å²) in [6.45, 7) is 4.72. The molecule has 1 aromatic heterocycles. The average molecular weight is 704 g/mol. The summed E-state index contributed by atoms with van der Waals surface area (Å²) in [5.74, 6) is 0.0234. The van der Waals surface area contributed by atoms with E-state index in [1.165, 1.54) is 12.1 Å². The van der Waals surface area contributed by atoms with E-state index in [2.05, 4.69) is 42.6 Å². The Labute approximate surface area is 301 Å². The van der Waals surface area contributed by atoms with Gasteiger partial charge in [-0.05, 0) is 133 Å². The molecule has 2 aliphatic carbocycles. The maximum Gasteiger partial charge on any atom is 0.251 e. The summed E-state index contributed by atoms with van der Waals surface area (Å²) in [4.78, 5) is 41.6. The predicted molar refractivity (Wildman–Crippen MR) is 190 cm³/mol. The molecule has 13 heteroatoms. The van der Waals surface area contributed by atoms with Crippen molar-refractivity contribution in [3.05, 3.63) is 111 Å². The van der Waals surface area contributed by atoms with E-state index < -0.39 is 11.5 Å². The Morgan fingerprint density at radius 1 is 0.962 bits per heavy atom. The van der Waals surface area contributed by atoms with Gasteiger partial charge in [-0.1, -0.05) is 24.3 Å². The SMILES string of the molecule is CCNC(=O)c1ccc2c(c1)CCc1cc(C(=O)NCC)ccc1C2(C[C@H](Cc1ccc(F)cc1)NCC(=O)N1[C@H](C#N)C[C@@H]2C[C@@H]21)c1nnn[nH]1. The molecule has 1 aliphatic heterocycles. The molecule has 1 saturated carbocycles. The fourth-order valence-corrected chi connectivity index (χ4v) is 8.31. The van der Waals surface area contributed by atoms with Crippen LogP contribution in [0.1, 0.15) is 87.5 Å². The highest BCUT2D eigenvalue weighted by molar-refractivity contribution is 5.95. The number of aromatic nitrogens is 4. The van der Waals surface area contributed by atoms with Crippen molar-refractivity contribution in [3.63, 3.8) is 0 Å². The zero-order valence-corrected chi connectivity index (χ0v) is 29.3. The number of hydrogen-bond donors (Lipinski definition) is 4. The van der Waals surface area contributed by atoms with Crippen LogP contribution in [0.3, 0.4) is 0 Å². The first-order valence-electron chi connectivity index (χ1n) is 18.0. The number of nitrogens with zero attached hydrogens (tertiary/aromatic N) is 5. The molecule has 0 radical (unpaired) electrons. The van der Waals surface area contributed by atoms with E-state index in [0.717, 1.165) is 34.2 Å². The third-order valence-corrected chi connectivity index (χ3v) is 10.8. The number of tetrazole rings is 1. The first kappa shape index (κ1) is 34.9. The first-order valence-corrected chi connectivity index (χ1v) is 18.0. The van der Waals surface area contributed by atoms with Crippen LogP contribution in [0.4, 0.5) is 4.39 Å². The summed E-state index contributed by atoms with van der Waals surface area (Å²) in [6, 6.07) is 19.3. The van der Waals surface area contributed by atoms with Gasteiger partial charge in [-0.25, -0.2) is 9.49 Å². The molecular weight excluding hydrogens is 661 g/mol. The number of hydrogen-bond acceptors (Lipinski definition) is 8. The number of H-pyrrole nitrogens is 1. The number of halogens is 1. The lowest BCUT2D eigenvalue weighted by molar-refractivity contribution is -0.131. The van der Waals surface area contributed by atoms with E-state index in [-0.39, 0.29) is 42.2 Å². The van der Waals surface area contributed by atoms with Gasteiger partial charge in [0.25, 0.3) is 11.8 Å². The number of benzene rings is 3. The van der Waals surface area contributed by atoms with Gasteiger partial charge in [0.15, 0.2) is 5.82 Å². The van der Waals surface area contributed by atoms with Crippen molar-refractivity contribution in [2.45, 2.75) is 75.9 Å². The third kappa shape index (κ3) is 6.66. The van der Waals surface area contributed by atoms with Crippen LogP contribution in [0.5, 0.6) is 0 Å². The molecule has 4 N–H and O–H groups in total. The number of carbonyl (C=O) groups excluding carboxylic acids is 3. The molecule has 268 valence electrons. The molecule has 7 rings (SSSR count). The minimum Gasteiger partial charge on any atom is -0.352 e. The van der Waals surface area contributed by atoms with E-state index in [1.54, 1.807) is 17.0 Å². The zero-order chi connectivity index (χ0) is 36.4. The second-order valence-electron chi connectivity index (χ2n) is 14.0. The lowest BCUT2D eigenvalue weighted by atomic mass is 9.67. The number of piperidine rings is 1. The van der Waals surface area contributed by atoms with Gasteiger partial charge in [0.05, 0.1) is 18.0 Å². The van der Waals surface area contributed by atoms with E-state index in [1.807, 2.05) is 50.2 Å². The van der Waals surface area contributed by atoms with Crippen LogP contribution in [0.2, 0.25) is 0 Å². The van der Waals surface area contributed by atoms with Crippen LogP contribution in [0.15, 0.2) is 60.7 Å². The first-order chi connectivity index (χ1) is 25.2. The van der Waals surface area contributed by atoms with Crippen molar-refractivity contribution in [3.8, 4) is 6.07 Å². The van der Waals surface area contributed by atoms with Gasteiger partial charge in [-0.2, -0.15) is 5.26 Å². The maximum absolute atomic E-state index is 14.1. The lowest BCUT2D eigenvalue weighted by Gasteiger charge is -2.38. The van der Waals surface area contributed by atoms with Crippen LogP contribution in [0.25, 0.3) is 0 Å². The largest absolute Gasteiger partial charge is 0.352 e. The summed E-state index contributed by atoms with van der Waals surface area (Å²) in [5.41, 5.74) is 4.54. The van der Waals surface area contributed by atoms with Crippen molar-refractivity contribution in [2.75, 3.05) is 19.6 Å². The number of nitrogens with one attached hydrogen (secondary N) is 4. The van der Waals surface area contributed by atoms with Crippen LogP contribution in [-0.2, 0) is 29.5 Å². The number of carbonyl (C=O) groups is 3. The number of amides is 3. The van der Waals surface area contributed by atoms with Crippen molar-refractivity contribution in [1.29, 1.82) is 5.26 Å². The number of aromatic amines is 1. The molecule has 0 unspecified atom stereocenters. The Hall–Kier alpha value is -5.48. The van der Waals surface area contributed by atoms with Crippen LogP contribution in [0, 0.1) is 23.1 Å². The highest BCUT2D eigenvalue weighted by atomic mass is 19.1. The normalized spacial score (nSPS) is 20.0. The summed E-state index contributed by atoms with van der Waals surface area (Å²) < 4.78 is 14.1. The molecule has 2 heterocycles. The predicted octanol–water partition coefficient (Wildman–Crippen LogP) is 3.38. The second-order valence-corrected chi connectivity index (χ2v) is 14.0. The van der Waals surface area contributed by atoms with E-state index in [9.17, 15) is 24.0 Å². The lowest BCUT2D eigenvalue weighted by Crippen LogP contribution is -2.48. The molecule has 0 spiro atoms. The number of fused-ring (bicyclic) bond motifs is 3. The van der Waals surface area contributed by atoms with E-state index in [4.69, 9.17) is 0 Å². The maximum atomic E-state index is 14.1. The molecule has 1 saturated heterocycles. The molecule has 3 amide bonds. The number of nitriles is 1. The van der Waals surface area contributed by atoms with Crippen LogP contribution in [-0.4, -0.2) is 81.0 Å². The Morgan fingerprint density at radius 3 is 2.15 bits per heavy atom. The molecule has 2 fully saturated rings. The quantitative estimate of drug-likeness (QED) is 0.174. The molecular formula is C39H42FN9O3. The fourth-order valence-electron chi connectivity index (χ4n) is 8.31. The highest BCUT2D eigenvalue weighted by Gasteiger charge is 2.54. The van der Waals surface area contributed by atoms with Crippen molar-refractivity contribution < 1.29 is 18.8 Å². The molecule has 3 aliphatic rings. The van der Waals surface area contributed by atoms with Crippen molar-refractivity contribution in [1.82, 2.24) is 41.5 Å². The highest BCUT2D eigenvalue weighted by Crippen LogP contribution is 2.49. The van der Waals surface area contributed by atoms with Gasteiger partial charge in [0.2, 0.25) is 5.91 Å². The topological polar surface area (TPSA) is 169 Å². The Morgan fingerprint density at radius 2 is 1.60 bits per heavy atom. The molecule has 3 aromatic carbocycles. The van der Waals surface area contributed by atoms with E-state index in [0.29, 0.717) is 68.1 Å². The van der Waals surface area contributed by atoms with Crippen molar-refractivity contribution >= 4 is 17.7 Å². The summed E-state index contributed by atoms with van der Waals surface area (Å²) in [6.07, 6.45) is 3.58. The summed E-state index contributed by atoms with van der Waals surface area (Å²) in [7, 11) is 0. The summed E-state index contributed by atoms with van der Waals surface area (Å²) >= 11 is 0. The Bertz CT molecular complexity index is 1940. The second kappa shape index (κ2) is 14.6. The van der Waals surface area contributed by atoms with Gasteiger partial charge >= 0.3 is 0 Å². The number of likely N-dealkylation sites (tertiary alicyclic amines) is 1. The monoisotopic (exact) mass is 703 g/mol. The molecule has 4 atom stereocenters. The number of aryl methyl sites for hydroxylation is 2. The fraction of sp³-hybridized carbons (Fsp3) is 0.410. The van der Waals surface area contributed by atoms with Gasteiger partial charge in [-0.3, -0.25) is 14.4 Å². The zero-order valence-electron chi connectivity index (χ0n) is 29.3. The molecule has 12 nitrogen and oxygen atoms in total. The molecule has 52 heavy (non-hydrogen) atoms. The van der Waals surface area contributed by atoms with Gasteiger partial charge in [-0.15, -0.1) is 5.10 Å². The van der Waals surface area contributed by atoms with Gasteiger partial charge in [0.1, 0.15) is 11.9 Å². The van der Waals surface area contributed by atoms with Gasteiger partial charge in [0, 0.05) is 36.3 Å². The minimum atomic E-state index is -1.03. The average Bonchev–Trinajstić information content (AvgIpc) is 3.53. The van der Waals surface area contributed by atoms with Crippen LogP contribution >= 0.6 is 0 Å². The molecule has 4 aromatic rings.